The van der Waals surface area contributed by atoms with Crippen molar-refractivity contribution in [3.05, 3.63) is 58.7 Å². The van der Waals surface area contributed by atoms with E-state index in [1.165, 1.54) is 16.7 Å². The van der Waals surface area contributed by atoms with Crippen LogP contribution in [0.25, 0.3) is 12.2 Å². The van der Waals surface area contributed by atoms with E-state index in [0.29, 0.717) is 22.6 Å². The Labute approximate surface area is 213 Å². The van der Waals surface area contributed by atoms with Crippen LogP contribution in [0.15, 0.2) is 36.4 Å². The highest BCUT2D eigenvalue weighted by atomic mass is 31.1. The van der Waals surface area contributed by atoms with Crippen molar-refractivity contribution in [2.45, 2.75) is 90.9 Å². The predicted molar refractivity (Wildman–Crippen MR) is 164 cm³/mol. The number of fused-ring (bicyclic) bond motifs is 2. The largest absolute Gasteiger partial charge is 0.0795 e. The summed E-state index contributed by atoms with van der Waals surface area (Å²) in [5.74, 6) is 0. The van der Waals surface area contributed by atoms with E-state index >= 15 is 0 Å². The third kappa shape index (κ3) is 5.04. The van der Waals surface area contributed by atoms with Gasteiger partial charge < -0.3 is 0 Å². The van der Waals surface area contributed by atoms with Crippen LogP contribution >= 0.6 is 23.8 Å². The van der Waals surface area contributed by atoms with Gasteiger partial charge in [0.25, 0.3) is 0 Å². The molecule has 1 unspecified atom stereocenters. The zero-order valence-corrected chi connectivity index (χ0v) is 25.4. The van der Waals surface area contributed by atoms with Gasteiger partial charge in [-0.25, -0.2) is 0 Å². The Kier molecular flexibility index (Phi) is 8.25. The molecule has 0 saturated carbocycles. The average Bonchev–Trinajstić information content (AvgIpc) is 3.39. The lowest BCUT2D eigenvalue weighted by Crippen LogP contribution is -2.35. The topological polar surface area (TPSA) is 0 Å². The van der Waals surface area contributed by atoms with Gasteiger partial charge in [-0.05, 0) is 118 Å². The van der Waals surface area contributed by atoms with Crippen LogP contribution in [0.5, 0.6) is 0 Å². The third-order valence-electron chi connectivity index (χ3n) is 7.25. The van der Waals surface area contributed by atoms with Crippen LogP contribution in [0, 0.1) is 0 Å². The molecule has 3 heteroatoms. The van der Waals surface area contributed by atoms with Crippen LogP contribution in [0.2, 0.25) is 0 Å². The molecule has 0 radical (unpaired) electrons. The van der Waals surface area contributed by atoms with Gasteiger partial charge in [0, 0.05) is 0 Å². The Morgan fingerprint density at radius 1 is 0.529 bits per heavy atom. The number of rotatable bonds is 8. The Morgan fingerprint density at radius 3 is 1.32 bits per heavy atom. The van der Waals surface area contributed by atoms with E-state index in [2.05, 4.69) is 111 Å². The van der Waals surface area contributed by atoms with E-state index in [1.54, 1.807) is 26.8 Å². The minimum absolute atomic E-state index is 0.198. The highest BCUT2D eigenvalue weighted by Gasteiger charge is 2.30. The number of benzene rings is 2. The summed E-state index contributed by atoms with van der Waals surface area (Å²) in [5.41, 5.74) is 8.83. The van der Waals surface area contributed by atoms with Crippen LogP contribution in [0.3, 0.4) is 0 Å². The molecule has 0 aromatic heterocycles. The van der Waals surface area contributed by atoms with Gasteiger partial charge in [-0.3, -0.25) is 0 Å². The van der Waals surface area contributed by atoms with Crippen molar-refractivity contribution >= 4 is 57.1 Å². The van der Waals surface area contributed by atoms with Crippen LogP contribution in [0.1, 0.15) is 77.6 Å². The normalized spacial score (nSPS) is 15.6. The predicted octanol–water partition coefficient (Wildman–Crippen LogP) is 7.74. The second-order valence-corrected chi connectivity index (χ2v) is 19.8. The van der Waals surface area contributed by atoms with E-state index in [-0.39, 0.29) is 15.8 Å². The van der Waals surface area contributed by atoms with Crippen LogP contribution < -0.4 is 21.2 Å². The van der Waals surface area contributed by atoms with Crippen LogP contribution in [-0.4, -0.2) is 29.3 Å². The molecule has 2 aliphatic rings. The summed E-state index contributed by atoms with van der Waals surface area (Å²) < 4.78 is 0. The number of hydrogen-bond acceptors (Lipinski definition) is 0. The summed E-state index contributed by atoms with van der Waals surface area (Å²) in [6.07, 6.45) is 11.6. The first kappa shape index (κ1) is 26.3. The molecule has 182 valence electrons. The minimum Gasteiger partial charge on any atom is -0.0795 e. The summed E-state index contributed by atoms with van der Waals surface area (Å²) in [4.78, 5) is 0. The summed E-state index contributed by atoms with van der Waals surface area (Å²) >= 11 is 0. The zero-order chi connectivity index (χ0) is 24.7. The van der Waals surface area contributed by atoms with Crippen LogP contribution in [0.4, 0.5) is 0 Å². The molecule has 0 spiro atoms. The SMILES string of the molecule is CC(C)P(c1cc2c(cc1P(C)c1cc3c(cc1P(C(C)C)C(C)C)CC=C3)CC=C2)C(C)C. The highest BCUT2D eigenvalue weighted by Crippen LogP contribution is 2.50. The van der Waals surface area contributed by atoms with Crippen molar-refractivity contribution in [2.24, 2.45) is 0 Å². The van der Waals surface area contributed by atoms with Gasteiger partial charge in [-0.1, -0.05) is 95.5 Å². The summed E-state index contributed by atoms with van der Waals surface area (Å²) in [5, 5.41) is 6.69. The molecule has 1 atom stereocenters. The maximum absolute atomic E-state index is 2.62. The summed E-state index contributed by atoms with van der Waals surface area (Å²) in [6, 6.07) is 10.4. The second-order valence-electron chi connectivity index (χ2n) is 11.0. The lowest BCUT2D eigenvalue weighted by atomic mass is 10.1. The Bertz CT molecular complexity index is 1090. The molecular formula is C31H43P3. The molecule has 0 bridgehead atoms. The quantitative estimate of drug-likeness (QED) is 0.320. The lowest BCUT2D eigenvalue weighted by molar-refractivity contribution is 1.02. The summed E-state index contributed by atoms with van der Waals surface area (Å²) in [7, 11) is -0.822. The molecule has 0 amide bonds. The molecule has 4 rings (SSSR count). The minimum atomic E-state index is -0.419. The van der Waals surface area contributed by atoms with Gasteiger partial charge in [0.2, 0.25) is 0 Å². The van der Waals surface area contributed by atoms with Crippen molar-refractivity contribution in [3.8, 4) is 0 Å². The lowest BCUT2D eigenvalue weighted by Gasteiger charge is -2.34. The maximum atomic E-state index is 2.62. The molecule has 0 heterocycles. The van der Waals surface area contributed by atoms with Gasteiger partial charge in [0.15, 0.2) is 0 Å². The summed E-state index contributed by atoms with van der Waals surface area (Å²) in [6.45, 7) is 22.1. The molecular weight excluding hydrogens is 465 g/mol. The first-order valence-corrected chi connectivity index (χ1v) is 17.8. The average molecular weight is 509 g/mol. The fraction of sp³-hybridized carbons (Fsp3) is 0.484. The standard InChI is InChI=1S/C31H43P3/c1-20(2)33(21(3)4)30-18-26-14-10-12-24(26)16-28(30)32(9)29-17-25-13-11-15-27(25)19-31(29)34(22(5)6)23(7)8/h10-12,15-23H,13-14H2,1-9H3. The molecule has 0 fully saturated rings. The Hall–Kier alpha value is -0.790. The zero-order valence-electron chi connectivity index (χ0n) is 22.7. The van der Waals surface area contributed by atoms with Gasteiger partial charge in [-0.15, -0.1) is 0 Å². The van der Waals surface area contributed by atoms with Crippen molar-refractivity contribution in [3.63, 3.8) is 0 Å². The fourth-order valence-corrected chi connectivity index (χ4v) is 15.2. The Balaban J connectivity index is 1.93. The molecule has 0 N–H and O–H groups in total. The van der Waals surface area contributed by atoms with Gasteiger partial charge in [-0.2, -0.15) is 0 Å². The van der Waals surface area contributed by atoms with Crippen molar-refractivity contribution < 1.29 is 0 Å². The second kappa shape index (κ2) is 10.7. The maximum Gasteiger partial charge on any atom is -0.00879 e. The van der Waals surface area contributed by atoms with Gasteiger partial charge in [0.05, 0.1) is 0 Å². The number of hydrogen-bond donors (Lipinski definition) is 0. The van der Waals surface area contributed by atoms with Crippen molar-refractivity contribution in [1.29, 1.82) is 0 Å². The van der Waals surface area contributed by atoms with E-state index in [1.807, 2.05) is 0 Å². The molecule has 34 heavy (non-hydrogen) atoms. The van der Waals surface area contributed by atoms with Crippen LogP contribution in [-0.2, 0) is 12.8 Å². The first-order valence-electron chi connectivity index (χ1n) is 13.1. The fourth-order valence-electron chi connectivity index (χ4n) is 5.95. The first-order chi connectivity index (χ1) is 16.1. The Morgan fingerprint density at radius 2 is 0.882 bits per heavy atom. The number of allylic oxidation sites excluding steroid dienone is 2. The molecule has 0 nitrogen and oxygen atoms in total. The van der Waals surface area contributed by atoms with E-state index in [9.17, 15) is 0 Å². The van der Waals surface area contributed by atoms with E-state index < -0.39 is 7.92 Å². The smallest absolute Gasteiger partial charge is 0.00879 e. The monoisotopic (exact) mass is 508 g/mol. The van der Waals surface area contributed by atoms with Gasteiger partial charge in [0.1, 0.15) is 0 Å². The molecule has 0 saturated heterocycles. The van der Waals surface area contributed by atoms with E-state index in [4.69, 9.17) is 0 Å². The van der Waals surface area contributed by atoms with Crippen molar-refractivity contribution in [1.82, 2.24) is 0 Å². The van der Waals surface area contributed by atoms with E-state index in [0.717, 1.165) is 12.8 Å². The molecule has 2 aromatic rings. The highest BCUT2D eigenvalue weighted by molar-refractivity contribution is 7.78. The molecule has 0 aliphatic heterocycles. The van der Waals surface area contributed by atoms with Gasteiger partial charge >= 0.3 is 0 Å². The van der Waals surface area contributed by atoms with Crippen molar-refractivity contribution in [2.75, 3.05) is 6.66 Å². The third-order valence-corrected chi connectivity index (χ3v) is 16.1. The molecule has 2 aliphatic carbocycles. The molecule has 2 aromatic carbocycles.